The van der Waals surface area contributed by atoms with Gasteiger partial charge >= 0.3 is 0 Å². The Morgan fingerprint density at radius 2 is 1.81 bits per heavy atom. The van der Waals surface area contributed by atoms with Crippen LogP contribution in [0.5, 0.6) is 5.75 Å². The molecular formula is C31H51FN4O7. The maximum Gasteiger partial charge on any atom is 0.239 e. The number of carbonyl (C=O) groups excluding carboxylic acids is 4. The lowest BCUT2D eigenvalue weighted by Crippen LogP contribution is -2.39. The molecule has 3 N–H and O–H groups in total. The van der Waals surface area contributed by atoms with Gasteiger partial charge in [-0.3, -0.25) is 19.3 Å². The molecule has 1 aromatic rings. The molecule has 4 rings (SSSR count). The van der Waals surface area contributed by atoms with Crippen LogP contribution in [-0.4, -0.2) is 101 Å². The van der Waals surface area contributed by atoms with Crippen LogP contribution in [0.1, 0.15) is 58.4 Å². The SMILES string of the molecule is CC1CO1.CCN1CCOCC1.COc1ccc(CC(C)NC(=O)CNC=O)c(F)c1.O=CN[C@H](C=O)CC1CCCC1. The van der Waals surface area contributed by atoms with E-state index in [1.54, 1.807) is 19.1 Å². The van der Waals surface area contributed by atoms with E-state index in [-0.39, 0.29) is 30.4 Å². The van der Waals surface area contributed by atoms with E-state index in [2.05, 4.69) is 34.7 Å². The highest BCUT2D eigenvalue weighted by Gasteiger charge is 2.19. The third kappa shape index (κ3) is 18.9. The number of morpholine rings is 1. The summed E-state index contributed by atoms with van der Waals surface area (Å²) in [5.74, 6) is 0.417. The first-order valence-electron chi connectivity index (χ1n) is 15.1. The number of carbonyl (C=O) groups is 4. The summed E-state index contributed by atoms with van der Waals surface area (Å²) in [5.41, 5.74) is 0.497. The minimum Gasteiger partial charge on any atom is -0.497 e. The van der Waals surface area contributed by atoms with E-state index in [0.717, 1.165) is 45.6 Å². The number of nitrogens with one attached hydrogen (secondary N) is 3. The highest BCUT2D eigenvalue weighted by Crippen LogP contribution is 2.28. The number of nitrogens with zero attached hydrogens (tertiary/aromatic N) is 1. The maximum absolute atomic E-state index is 13.7. The first-order valence-corrected chi connectivity index (χ1v) is 15.1. The van der Waals surface area contributed by atoms with Crippen molar-refractivity contribution in [3.63, 3.8) is 0 Å². The quantitative estimate of drug-likeness (QED) is 0.228. The molecule has 1 aliphatic carbocycles. The molecular weight excluding hydrogens is 559 g/mol. The van der Waals surface area contributed by atoms with Gasteiger partial charge in [0.15, 0.2) is 0 Å². The van der Waals surface area contributed by atoms with E-state index in [9.17, 15) is 23.6 Å². The van der Waals surface area contributed by atoms with E-state index < -0.39 is 0 Å². The van der Waals surface area contributed by atoms with Crippen molar-refractivity contribution in [2.24, 2.45) is 5.92 Å². The molecule has 3 atom stereocenters. The molecule has 244 valence electrons. The van der Waals surface area contributed by atoms with Crippen LogP contribution in [-0.2, 0) is 35.1 Å². The first-order chi connectivity index (χ1) is 20.8. The summed E-state index contributed by atoms with van der Waals surface area (Å²) in [6, 6.07) is 4.11. The number of epoxide rings is 1. The second kappa shape index (κ2) is 23.4. The normalized spacial score (nSPS) is 18.9. The van der Waals surface area contributed by atoms with Crippen LogP contribution in [0.3, 0.4) is 0 Å². The number of benzene rings is 1. The summed E-state index contributed by atoms with van der Waals surface area (Å²) in [6.07, 6.45) is 8.63. The molecule has 43 heavy (non-hydrogen) atoms. The van der Waals surface area contributed by atoms with Crippen LogP contribution in [0.4, 0.5) is 4.39 Å². The lowest BCUT2D eigenvalue weighted by atomic mass is 9.99. The molecule has 1 saturated carbocycles. The lowest BCUT2D eigenvalue weighted by molar-refractivity contribution is -0.122. The average molecular weight is 611 g/mol. The van der Waals surface area contributed by atoms with Gasteiger partial charge in [-0.15, -0.1) is 0 Å². The van der Waals surface area contributed by atoms with E-state index in [1.165, 1.54) is 45.4 Å². The van der Waals surface area contributed by atoms with Gasteiger partial charge in [0.2, 0.25) is 18.7 Å². The van der Waals surface area contributed by atoms with Gasteiger partial charge in [0, 0.05) is 25.2 Å². The number of hydrogen-bond donors (Lipinski definition) is 3. The Hall–Kier alpha value is -3.09. The summed E-state index contributed by atoms with van der Waals surface area (Å²) in [7, 11) is 1.47. The minimum atomic E-state index is -0.369. The summed E-state index contributed by atoms with van der Waals surface area (Å²) in [5, 5.41) is 7.43. The molecule has 2 heterocycles. The number of likely N-dealkylation sites (N-methyl/N-ethyl adjacent to an activating group) is 1. The van der Waals surface area contributed by atoms with Crippen molar-refractivity contribution in [1.82, 2.24) is 20.9 Å². The summed E-state index contributed by atoms with van der Waals surface area (Å²) < 4.78 is 28.5. The molecule has 0 spiro atoms. The van der Waals surface area contributed by atoms with Gasteiger partial charge in [-0.1, -0.05) is 38.7 Å². The molecule has 3 aliphatic rings. The number of methoxy groups -OCH3 is 1. The smallest absolute Gasteiger partial charge is 0.239 e. The molecule has 0 aromatic heterocycles. The van der Waals surface area contributed by atoms with Gasteiger partial charge < -0.3 is 35.0 Å². The second-order valence-electron chi connectivity index (χ2n) is 10.7. The first kappa shape index (κ1) is 37.9. The monoisotopic (exact) mass is 610 g/mol. The molecule has 3 fully saturated rings. The zero-order valence-corrected chi connectivity index (χ0v) is 26.1. The van der Waals surface area contributed by atoms with Crippen molar-refractivity contribution in [3.05, 3.63) is 29.6 Å². The van der Waals surface area contributed by atoms with Crippen molar-refractivity contribution in [3.8, 4) is 5.75 Å². The Labute approximate surface area is 255 Å². The molecule has 11 nitrogen and oxygen atoms in total. The van der Waals surface area contributed by atoms with Crippen molar-refractivity contribution >= 4 is 25.0 Å². The predicted molar refractivity (Wildman–Crippen MR) is 162 cm³/mol. The number of rotatable bonds is 13. The zero-order valence-electron chi connectivity index (χ0n) is 26.1. The zero-order chi connectivity index (χ0) is 31.9. The minimum absolute atomic E-state index is 0.0844. The van der Waals surface area contributed by atoms with Crippen molar-refractivity contribution in [1.29, 1.82) is 0 Å². The highest BCUT2D eigenvalue weighted by atomic mass is 19.1. The number of hydrogen-bond acceptors (Lipinski definition) is 8. The molecule has 2 unspecified atom stereocenters. The fraction of sp³-hybridized carbons (Fsp3) is 0.677. The van der Waals surface area contributed by atoms with Crippen molar-refractivity contribution in [2.45, 2.75) is 77.5 Å². The molecule has 1 aromatic carbocycles. The van der Waals surface area contributed by atoms with Crippen LogP contribution in [0.2, 0.25) is 0 Å². The third-order valence-corrected chi connectivity index (χ3v) is 7.10. The van der Waals surface area contributed by atoms with Crippen LogP contribution in [0, 0.1) is 11.7 Å². The molecule has 0 radical (unpaired) electrons. The van der Waals surface area contributed by atoms with Crippen LogP contribution >= 0.6 is 0 Å². The number of halogens is 1. The maximum atomic E-state index is 13.7. The van der Waals surface area contributed by atoms with Gasteiger partial charge in [-0.05, 0) is 50.8 Å². The van der Waals surface area contributed by atoms with Gasteiger partial charge in [0.05, 0.1) is 45.6 Å². The summed E-state index contributed by atoms with van der Waals surface area (Å²) in [4.78, 5) is 44.3. The highest BCUT2D eigenvalue weighted by molar-refractivity contribution is 5.80. The second-order valence-corrected chi connectivity index (χ2v) is 10.7. The predicted octanol–water partition coefficient (Wildman–Crippen LogP) is 2.25. The van der Waals surface area contributed by atoms with Crippen LogP contribution in [0.25, 0.3) is 0 Å². The Balaban J connectivity index is 0.000000325. The molecule has 12 heteroatoms. The molecule has 0 bridgehead atoms. The summed E-state index contributed by atoms with van der Waals surface area (Å²) in [6.45, 7) is 12.2. The molecule has 2 aliphatic heterocycles. The van der Waals surface area contributed by atoms with Gasteiger partial charge in [-0.25, -0.2) is 4.39 Å². The van der Waals surface area contributed by atoms with Crippen LogP contribution < -0.4 is 20.7 Å². The summed E-state index contributed by atoms with van der Waals surface area (Å²) >= 11 is 0. The van der Waals surface area contributed by atoms with E-state index in [4.69, 9.17) is 14.2 Å². The Morgan fingerprint density at radius 3 is 2.28 bits per heavy atom. The Bertz CT molecular complexity index is 923. The third-order valence-electron chi connectivity index (χ3n) is 7.10. The van der Waals surface area contributed by atoms with Crippen molar-refractivity contribution < 1.29 is 37.8 Å². The van der Waals surface area contributed by atoms with E-state index in [0.29, 0.717) is 42.6 Å². The van der Waals surface area contributed by atoms with E-state index in [1.807, 2.05) is 0 Å². The largest absolute Gasteiger partial charge is 0.497 e. The number of aldehydes is 1. The Kier molecular flexibility index (Phi) is 20.6. The standard InChI is InChI=1S/C13H17FN2O3.C9H15NO2.C6H13NO.C3H6O/c1-9(16-13(18)7-15-8-17)5-10-3-4-11(19-2)6-12(10)14;11-6-9(10-7-12)5-8-3-1-2-4-8;1-2-7-3-5-8-6-4-7;1-3-2-4-3/h3-4,6,8-9H,5,7H2,1-2H3,(H,15,17)(H,16,18);6-9H,1-5H2,(H,10,12);2-6H2,1H3;3H,2H2,1H3/t;9-;;/m.0../s1. The number of amides is 3. The topological polar surface area (TPSA) is 139 Å². The lowest BCUT2D eigenvalue weighted by Gasteiger charge is -2.24. The van der Waals surface area contributed by atoms with Crippen molar-refractivity contribution in [2.75, 3.05) is 53.1 Å². The fourth-order valence-corrected chi connectivity index (χ4v) is 4.53. The fourth-order valence-electron chi connectivity index (χ4n) is 4.53. The number of ether oxygens (including phenoxy) is 3. The Morgan fingerprint density at radius 1 is 1.16 bits per heavy atom. The van der Waals surface area contributed by atoms with Crippen LogP contribution in [0.15, 0.2) is 18.2 Å². The van der Waals surface area contributed by atoms with Gasteiger partial charge in [-0.2, -0.15) is 0 Å². The molecule has 3 amide bonds. The molecule has 2 saturated heterocycles. The van der Waals surface area contributed by atoms with E-state index >= 15 is 0 Å². The van der Waals surface area contributed by atoms with Gasteiger partial charge in [0.25, 0.3) is 0 Å². The average Bonchev–Trinajstić information content (AvgIpc) is 3.63. The van der Waals surface area contributed by atoms with Gasteiger partial charge in [0.1, 0.15) is 17.9 Å².